The molecule has 146 valence electrons. The Kier molecular flexibility index (Phi) is 4.18. The average Bonchev–Trinajstić information content (AvgIpc) is 3.11. The van der Waals surface area contributed by atoms with Gasteiger partial charge < -0.3 is 20.6 Å². The maximum atomic E-state index is 3.73. The minimum absolute atomic E-state index is 0.0522. The van der Waals surface area contributed by atoms with Crippen molar-refractivity contribution >= 4 is 33.2 Å². The Labute approximate surface area is 166 Å². The number of H-pyrrole nitrogens is 2. The summed E-state index contributed by atoms with van der Waals surface area (Å²) in [7, 11) is 0. The Morgan fingerprint density at radius 1 is 0.571 bits per heavy atom. The van der Waals surface area contributed by atoms with Crippen molar-refractivity contribution in [1.29, 1.82) is 0 Å². The molecule has 0 radical (unpaired) electrons. The second kappa shape index (κ2) is 6.33. The van der Waals surface area contributed by atoms with E-state index in [0.717, 1.165) is 33.8 Å². The number of nitrogens with one attached hydrogen (secondary N) is 4. The van der Waals surface area contributed by atoms with E-state index in [4.69, 9.17) is 0 Å². The minimum atomic E-state index is -0.0522. The van der Waals surface area contributed by atoms with Gasteiger partial charge in [-0.15, -0.1) is 0 Å². The summed E-state index contributed by atoms with van der Waals surface area (Å²) in [4.78, 5) is 7.31. The second-order valence-corrected chi connectivity index (χ2v) is 9.59. The van der Waals surface area contributed by atoms with Crippen LogP contribution in [0.4, 0.5) is 11.4 Å². The Balaban J connectivity index is 2.01. The van der Waals surface area contributed by atoms with E-state index in [-0.39, 0.29) is 11.1 Å². The number of aromatic amines is 2. The van der Waals surface area contributed by atoms with E-state index in [1.807, 2.05) is 0 Å². The zero-order chi connectivity index (χ0) is 20.1. The zero-order valence-corrected chi connectivity index (χ0v) is 17.6. The third kappa shape index (κ3) is 3.47. The first-order chi connectivity index (χ1) is 13.1. The third-order valence-electron chi connectivity index (χ3n) is 4.66. The molecule has 2 heterocycles. The van der Waals surface area contributed by atoms with Crippen LogP contribution in [-0.4, -0.2) is 21.0 Å². The number of fused-ring (bicyclic) bond motifs is 2. The molecule has 4 aromatic rings. The molecule has 0 amide bonds. The first-order valence-corrected chi connectivity index (χ1v) is 9.90. The Morgan fingerprint density at radius 2 is 0.929 bits per heavy atom. The average molecular weight is 375 g/mol. The van der Waals surface area contributed by atoms with Gasteiger partial charge in [0.2, 0.25) is 0 Å². The monoisotopic (exact) mass is 374 g/mol. The topological polar surface area (TPSA) is 55.6 Å². The fourth-order valence-corrected chi connectivity index (χ4v) is 3.67. The van der Waals surface area contributed by atoms with Gasteiger partial charge in [-0.25, -0.2) is 0 Å². The molecule has 0 saturated heterocycles. The van der Waals surface area contributed by atoms with E-state index in [9.17, 15) is 0 Å². The highest BCUT2D eigenvalue weighted by Crippen LogP contribution is 2.42. The van der Waals surface area contributed by atoms with Crippen molar-refractivity contribution in [1.82, 2.24) is 9.97 Å². The van der Waals surface area contributed by atoms with Crippen LogP contribution >= 0.6 is 0 Å². The molecule has 0 aliphatic heterocycles. The van der Waals surface area contributed by atoms with Gasteiger partial charge in [0.25, 0.3) is 0 Å². The summed E-state index contributed by atoms with van der Waals surface area (Å²) in [6.07, 6.45) is 0. The van der Waals surface area contributed by atoms with Crippen molar-refractivity contribution in [3.8, 4) is 11.4 Å². The Morgan fingerprint density at radius 3 is 1.29 bits per heavy atom. The predicted molar refractivity (Wildman–Crippen MR) is 122 cm³/mol. The highest BCUT2D eigenvalue weighted by atomic mass is 15.0. The largest absolute Gasteiger partial charge is 0.378 e. The molecule has 0 spiro atoms. The number of anilines is 2. The lowest BCUT2D eigenvalue weighted by Gasteiger charge is -2.25. The number of hydrogen-bond acceptors (Lipinski definition) is 2. The van der Waals surface area contributed by atoms with Gasteiger partial charge in [0.1, 0.15) is 0 Å². The van der Waals surface area contributed by atoms with E-state index < -0.39 is 0 Å². The number of rotatable bonds is 3. The van der Waals surface area contributed by atoms with Crippen LogP contribution < -0.4 is 10.6 Å². The van der Waals surface area contributed by atoms with Crippen molar-refractivity contribution in [2.24, 2.45) is 0 Å². The van der Waals surface area contributed by atoms with Gasteiger partial charge >= 0.3 is 0 Å². The van der Waals surface area contributed by atoms with E-state index in [1.165, 1.54) is 10.8 Å². The van der Waals surface area contributed by atoms with Gasteiger partial charge in [-0.1, -0.05) is 36.4 Å². The van der Waals surface area contributed by atoms with Crippen molar-refractivity contribution in [2.45, 2.75) is 52.6 Å². The lowest BCUT2D eigenvalue weighted by atomic mass is 10.0. The summed E-state index contributed by atoms with van der Waals surface area (Å²) < 4.78 is 0. The number of aromatic nitrogens is 2. The summed E-state index contributed by atoms with van der Waals surface area (Å²) >= 11 is 0. The highest BCUT2D eigenvalue weighted by molar-refractivity contribution is 6.08. The fraction of sp³-hybridized carbons (Fsp3) is 0.333. The standard InChI is InChI=1S/C24H30N4/c1-23(2,3)27-19-15-11-7-9-13-17(15)25-21(19)22-20(28-24(4,5)6)16-12-8-10-14-18(16)26-22/h7-14,25-28H,1-6H3. The molecule has 0 atom stereocenters. The van der Waals surface area contributed by atoms with Crippen molar-refractivity contribution in [3.63, 3.8) is 0 Å². The maximum absolute atomic E-state index is 3.73. The van der Waals surface area contributed by atoms with Gasteiger partial charge in [-0.2, -0.15) is 0 Å². The quantitative estimate of drug-likeness (QED) is 0.321. The summed E-state index contributed by atoms with van der Waals surface area (Å²) in [5, 5.41) is 9.86. The molecule has 0 unspecified atom stereocenters. The molecule has 2 aromatic heterocycles. The van der Waals surface area contributed by atoms with E-state index in [1.54, 1.807) is 0 Å². The summed E-state index contributed by atoms with van der Waals surface area (Å²) in [6, 6.07) is 16.9. The zero-order valence-electron chi connectivity index (χ0n) is 17.6. The molecule has 0 bridgehead atoms. The molecule has 0 aliphatic carbocycles. The van der Waals surface area contributed by atoms with Crippen LogP contribution in [0.15, 0.2) is 48.5 Å². The molecule has 0 saturated carbocycles. The Bertz CT molecular complexity index is 1040. The molecule has 0 aliphatic rings. The summed E-state index contributed by atoms with van der Waals surface area (Å²) in [5.41, 5.74) is 6.58. The van der Waals surface area contributed by atoms with Crippen LogP contribution in [-0.2, 0) is 0 Å². The lowest BCUT2D eigenvalue weighted by Crippen LogP contribution is -2.27. The molecular formula is C24H30N4. The van der Waals surface area contributed by atoms with Crippen LogP contribution in [0, 0.1) is 0 Å². The van der Waals surface area contributed by atoms with Crippen LogP contribution in [0.2, 0.25) is 0 Å². The smallest absolute Gasteiger partial charge is 0.0888 e. The summed E-state index contributed by atoms with van der Waals surface area (Å²) in [5.74, 6) is 0. The number of para-hydroxylation sites is 2. The molecular weight excluding hydrogens is 344 g/mol. The lowest BCUT2D eigenvalue weighted by molar-refractivity contribution is 0.633. The number of hydrogen-bond donors (Lipinski definition) is 4. The van der Waals surface area contributed by atoms with Crippen LogP contribution in [0.3, 0.4) is 0 Å². The summed E-state index contributed by atoms with van der Waals surface area (Å²) in [6.45, 7) is 13.2. The van der Waals surface area contributed by atoms with E-state index in [0.29, 0.717) is 0 Å². The van der Waals surface area contributed by atoms with Crippen molar-refractivity contribution < 1.29 is 0 Å². The highest BCUT2D eigenvalue weighted by Gasteiger charge is 2.24. The molecule has 4 heteroatoms. The van der Waals surface area contributed by atoms with Gasteiger partial charge in [0.05, 0.1) is 22.8 Å². The van der Waals surface area contributed by atoms with E-state index in [2.05, 4.69) is 111 Å². The SMILES string of the molecule is CC(C)(C)Nc1c(-c2[nH]c3ccccc3c2NC(C)(C)C)[nH]c2ccccc12. The van der Waals surface area contributed by atoms with Crippen molar-refractivity contribution in [3.05, 3.63) is 48.5 Å². The predicted octanol–water partition coefficient (Wildman–Crippen LogP) is 6.74. The second-order valence-electron chi connectivity index (χ2n) is 9.59. The van der Waals surface area contributed by atoms with Gasteiger partial charge in [-0.05, 0) is 53.7 Å². The van der Waals surface area contributed by atoms with Crippen LogP contribution in [0.5, 0.6) is 0 Å². The molecule has 28 heavy (non-hydrogen) atoms. The normalized spacial score (nSPS) is 12.6. The van der Waals surface area contributed by atoms with Crippen molar-refractivity contribution in [2.75, 3.05) is 10.6 Å². The van der Waals surface area contributed by atoms with Gasteiger partial charge in [0.15, 0.2) is 0 Å². The maximum Gasteiger partial charge on any atom is 0.0888 e. The van der Waals surface area contributed by atoms with Gasteiger partial charge in [0, 0.05) is 32.9 Å². The first-order valence-electron chi connectivity index (χ1n) is 9.90. The molecule has 4 N–H and O–H groups in total. The third-order valence-corrected chi connectivity index (χ3v) is 4.66. The van der Waals surface area contributed by atoms with Gasteiger partial charge in [-0.3, -0.25) is 0 Å². The Hall–Kier alpha value is -2.88. The molecule has 4 rings (SSSR count). The van der Waals surface area contributed by atoms with Crippen LogP contribution in [0.1, 0.15) is 41.5 Å². The molecule has 2 aromatic carbocycles. The molecule has 4 nitrogen and oxygen atoms in total. The minimum Gasteiger partial charge on any atom is -0.378 e. The van der Waals surface area contributed by atoms with Crippen LogP contribution in [0.25, 0.3) is 33.2 Å². The van der Waals surface area contributed by atoms with E-state index >= 15 is 0 Å². The number of benzene rings is 2. The fourth-order valence-electron chi connectivity index (χ4n) is 3.67. The first kappa shape index (κ1) is 18.5. The molecule has 0 fully saturated rings.